The molecule has 1 atom stereocenters. The summed E-state index contributed by atoms with van der Waals surface area (Å²) >= 11 is 6.22. The van der Waals surface area contributed by atoms with Crippen molar-refractivity contribution >= 4 is 11.6 Å². The molecule has 0 amide bonds. The molecule has 0 aliphatic heterocycles. The second-order valence-corrected chi connectivity index (χ2v) is 5.95. The third kappa shape index (κ3) is 3.51. The third-order valence-corrected chi connectivity index (χ3v) is 4.68. The van der Waals surface area contributed by atoms with Crippen molar-refractivity contribution in [1.82, 2.24) is 4.90 Å². The Kier molecular flexibility index (Phi) is 5.82. The molecule has 2 nitrogen and oxygen atoms in total. The molecule has 20 heavy (non-hydrogen) atoms. The van der Waals surface area contributed by atoms with Crippen LogP contribution in [0.3, 0.4) is 0 Å². The van der Waals surface area contributed by atoms with Crippen LogP contribution in [-0.2, 0) is 0 Å². The number of hydrogen-bond acceptors (Lipinski definition) is 2. The van der Waals surface area contributed by atoms with E-state index in [1.165, 1.54) is 44.2 Å². The van der Waals surface area contributed by atoms with E-state index >= 15 is 0 Å². The molecule has 1 aromatic carbocycles. The Hall–Kier alpha value is -0.640. The summed E-state index contributed by atoms with van der Waals surface area (Å²) in [7, 11) is 0. The van der Waals surface area contributed by atoms with E-state index in [1.54, 1.807) is 6.07 Å². The third-order valence-electron chi connectivity index (χ3n) is 4.35. The average molecular weight is 299 g/mol. The van der Waals surface area contributed by atoms with E-state index in [0.29, 0.717) is 17.6 Å². The van der Waals surface area contributed by atoms with Crippen LogP contribution in [0.5, 0.6) is 0 Å². The maximum Gasteiger partial charge on any atom is 0.124 e. The molecule has 0 bridgehead atoms. The zero-order chi connectivity index (χ0) is 14.5. The SMILES string of the molecule is CCN(C1CCCCC1)C(CN)c1ccc(F)cc1Cl. The van der Waals surface area contributed by atoms with E-state index in [0.717, 1.165) is 12.1 Å². The number of nitrogens with two attached hydrogens (primary N) is 1. The Balaban J connectivity index is 2.23. The quantitative estimate of drug-likeness (QED) is 0.885. The van der Waals surface area contributed by atoms with Gasteiger partial charge in [-0.2, -0.15) is 0 Å². The van der Waals surface area contributed by atoms with E-state index in [2.05, 4.69) is 11.8 Å². The predicted octanol–water partition coefficient (Wildman–Crippen LogP) is 4.13. The van der Waals surface area contributed by atoms with Crippen molar-refractivity contribution in [3.8, 4) is 0 Å². The molecule has 2 N–H and O–H groups in total. The highest BCUT2D eigenvalue weighted by Gasteiger charge is 2.27. The maximum absolute atomic E-state index is 13.2. The zero-order valence-corrected chi connectivity index (χ0v) is 12.9. The lowest BCUT2D eigenvalue weighted by molar-refractivity contribution is 0.114. The van der Waals surface area contributed by atoms with Crippen molar-refractivity contribution in [3.63, 3.8) is 0 Å². The lowest BCUT2D eigenvalue weighted by atomic mass is 9.92. The minimum Gasteiger partial charge on any atom is -0.329 e. The average Bonchev–Trinajstić information content (AvgIpc) is 2.46. The highest BCUT2D eigenvalue weighted by molar-refractivity contribution is 6.31. The van der Waals surface area contributed by atoms with Crippen LogP contribution in [0.2, 0.25) is 5.02 Å². The fourth-order valence-corrected chi connectivity index (χ4v) is 3.65. The molecule has 0 radical (unpaired) electrons. The first-order chi connectivity index (χ1) is 9.67. The van der Waals surface area contributed by atoms with Crippen molar-refractivity contribution < 1.29 is 4.39 Å². The summed E-state index contributed by atoms with van der Waals surface area (Å²) in [6, 6.07) is 5.28. The van der Waals surface area contributed by atoms with Gasteiger partial charge < -0.3 is 5.73 Å². The summed E-state index contributed by atoms with van der Waals surface area (Å²) in [5.41, 5.74) is 6.95. The molecule has 112 valence electrons. The smallest absolute Gasteiger partial charge is 0.124 e. The molecule has 0 heterocycles. The molecule has 1 aromatic rings. The van der Waals surface area contributed by atoms with Crippen LogP contribution in [0.25, 0.3) is 0 Å². The van der Waals surface area contributed by atoms with Gasteiger partial charge in [0.1, 0.15) is 5.82 Å². The van der Waals surface area contributed by atoms with Crippen LogP contribution in [0.4, 0.5) is 4.39 Å². The Bertz CT molecular complexity index is 432. The van der Waals surface area contributed by atoms with Crippen LogP contribution >= 0.6 is 11.6 Å². The van der Waals surface area contributed by atoms with Gasteiger partial charge in [-0.1, -0.05) is 43.9 Å². The van der Waals surface area contributed by atoms with Gasteiger partial charge in [-0.05, 0) is 37.1 Å². The predicted molar refractivity (Wildman–Crippen MR) is 82.5 cm³/mol. The van der Waals surface area contributed by atoms with Gasteiger partial charge in [0, 0.05) is 23.7 Å². The van der Waals surface area contributed by atoms with Crippen LogP contribution in [0, 0.1) is 5.82 Å². The Morgan fingerprint density at radius 3 is 2.60 bits per heavy atom. The van der Waals surface area contributed by atoms with Crippen LogP contribution < -0.4 is 5.73 Å². The van der Waals surface area contributed by atoms with Crippen LogP contribution in [0.15, 0.2) is 18.2 Å². The Morgan fingerprint density at radius 1 is 1.35 bits per heavy atom. The van der Waals surface area contributed by atoms with Crippen molar-refractivity contribution in [2.24, 2.45) is 5.73 Å². The van der Waals surface area contributed by atoms with E-state index in [4.69, 9.17) is 17.3 Å². The molecule has 0 saturated heterocycles. The molecule has 1 aliphatic rings. The molecule has 1 aliphatic carbocycles. The van der Waals surface area contributed by atoms with Crippen molar-refractivity contribution in [2.75, 3.05) is 13.1 Å². The topological polar surface area (TPSA) is 29.3 Å². The molecule has 4 heteroatoms. The number of hydrogen-bond donors (Lipinski definition) is 1. The molecular formula is C16H24ClFN2. The number of likely N-dealkylation sites (N-methyl/N-ethyl adjacent to an activating group) is 1. The molecular weight excluding hydrogens is 275 g/mol. The summed E-state index contributed by atoms with van der Waals surface area (Å²) in [6.45, 7) is 3.62. The summed E-state index contributed by atoms with van der Waals surface area (Å²) < 4.78 is 13.2. The first kappa shape index (κ1) is 15.7. The lowest BCUT2D eigenvalue weighted by Gasteiger charge is -2.39. The highest BCUT2D eigenvalue weighted by Crippen LogP contribution is 2.33. The normalized spacial score (nSPS) is 18.4. The van der Waals surface area contributed by atoms with Gasteiger partial charge in [0.25, 0.3) is 0 Å². The second kappa shape index (κ2) is 7.39. The van der Waals surface area contributed by atoms with Gasteiger partial charge in [-0.25, -0.2) is 4.39 Å². The molecule has 1 unspecified atom stereocenters. The van der Waals surface area contributed by atoms with E-state index in [-0.39, 0.29) is 11.9 Å². The summed E-state index contributed by atoms with van der Waals surface area (Å²) in [6.07, 6.45) is 6.36. The summed E-state index contributed by atoms with van der Waals surface area (Å²) in [5.74, 6) is -0.296. The fourth-order valence-electron chi connectivity index (χ4n) is 3.36. The van der Waals surface area contributed by atoms with Crippen LogP contribution in [-0.4, -0.2) is 24.0 Å². The number of benzene rings is 1. The molecule has 1 fully saturated rings. The Labute approximate surface area is 126 Å². The number of halogens is 2. The van der Waals surface area contributed by atoms with Gasteiger partial charge in [0.05, 0.1) is 0 Å². The van der Waals surface area contributed by atoms with Crippen molar-refractivity contribution in [2.45, 2.75) is 51.1 Å². The minimum atomic E-state index is -0.296. The van der Waals surface area contributed by atoms with Gasteiger partial charge in [0.15, 0.2) is 0 Å². The highest BCUT2D eigenvalue weighted by atomic mass is 35.5. The van der Waals surface area contributed by atoms with Crippen LogP contribution in [0.1, 0.15) is 50.6 Å². The molecule has 0 aromatic heterocycles. The molecule has 2 rings (SSSR count). The number of rotatable bonds is 5. The van der Waals surface area contributed by atoms with Gasteiger partial charge in [-0.3, -0.25) is 4.90 Å². The van der Waals surface area contributed by atoms with Gasteiger partial charge in [0.2, 0.25) is 0 Å². The maximum atomic E-state index is 13.2. The molecule has 0 spiro atoms. The van der Waals surface area contributed by atoms with Crippen molar-refractivity contribution in [1.29, 1.82) is 0 Å². The van der Waals surface area contributed by atoms with E-state index < -0.39 is 0 Å². The zero-order valence-electron chi connectivity index (χ0n) is 12.1. The summed E-state index contributed by atoms with van der Waals surface area (Å²) in [4.78, 5) is 2.44. The summed E-state index contributed by atoms with van der Waals surface area (Å²) in [5, 5.41) is 0.481. The monoisotopic (exact) mass is 298 g/mol. The second-order valence-electron chi connectivity index (χ2n) is 5.54. The first-order valence-corrected chi connectivity index (χ1v) is 7.96. The van der Waals surface area contributed by atoms with E-state index in [9.17, 15) is 4.39 Å². The van der Waals surface area contributed by atoms with Gasteiger partial charge in [-0.15, -0.1) is 0 Å². The fraction of sp³-hybridized carbons (Fsp3) is 0.625. The molecule has 1 saturated carbocycles. The number of nitrogens with zero attached hydrogens (tertiary/aromatic N) is 1. The standard InChI is InChI=1S/C16H24ClFN2/c1-2-20(13-6-4-3-5-7-13)16(11-19)14-9-8-12(18)10-15(14)17/h8-10,13,16H,2-7,11,19H2,1H3. The lowest BCUT2D eigenvalue weighted by Crippen LogP contribution is -2.42. The van der Waals surface area contributed by atoms with Crippen molar-refractivity contribution in [3.05, 3.63) is 34.6 Å². The minimum absolute atomic E-state index is 0.0798. The van der Waals surface area contributed by atoms with E-state index in [1.807, 2.05) is 0 Å². The largest absolute Gasteiger partial charge is 0.329 e. The Morgan fingerprint density at radius 2 is 2.05 bits per heavy atom. The van der Waals surface area contributed by atoms with Gasteiger partial charge >= 0.3 is 0 Å². The first-order valence-electron chi connectivity index (χ1n) is 7.58.